The molecule has 3 aromatic rings. The number of H-pyrrole nitrogens is 1. The Hall–Kier alpha value is -3.62. The molecule has 9 heteroatoms. The van der Waals surface area contributed by atoms with Gasteiger partial charge in [0.05, 0.1) is 27.8 Å². The van der Waals surface area contributed by atoms with Gasteiger partial charge in [-0.1, -0.05) is 43.8 Å². The summed E-state index contributed by atoms with van der Waals surface area (Å²) >= 11 is 6.24. The quantitative estimate of drug-likeness (QED) is 0.329. The van der Waals surface area contributed by atoms with E-state index in [0.29, 0.717) is 29.3 Å². The largest absolute Gasteiger partial charge is 0.491 e. The Balaban J connectivity index is 2.12. The van der Waals surface area contributed by atoms with E-state index < -0.39 is 9.84 Å². The fourth-order valence-corrected chi connectivity index (χ4v) is 4.89. The summed E-state index contributed by atoms with van der Waals surface area (Å²) in [5.74, 6) is 0.662. The summed E-state index contributed by atoms with van der Waals surface area (Å²) in [6, 6.07) is 10.7. The maximum atomic E-state index is 12.5. The number of hydrogen-bond donors (Lipinski definition) is 3. The van der Waals surface area contributed by atoms with Crippen molar-refractivity contribution in [3.8, 4) is 16.9 Å². The molecule has 36 heavy (non-hydrogen) atoms. The number of nitrogens with one attached hydrogen (secondary N) is 1. The number of ether oxygens (including phenoxy) is 1. The van der Waals surface area contributed by atoms with Crippen LogP contribution in [0.25, 0.3) is 34.7 Å². The van der Waals surface area contributed by atoms with E-state index in [-0.39, 0.29) is 10.6 Å². The zero-order valence-electron chi connectivity index (χ0n) is 20.2. The van der Waals surface area contributed by atoms with Gasteiger partial charge in [-0.3, -0.25) is 0 Å². The van der Waals surface area contributed by atoms with Gasteiger partial charge in [-0.05, 0) is 54.1 Å². The van der Waals surface area contributed by atoms with Crippen LogP contribution in [-0.2, 0) is 9.84 Å². The average Bonchev–Trinajstić information content (AvgIpc) is 3.21. The molecule has 1 aromatic heterocycles. The molecule has 0 saturated heterocycles. The third kappa shape index (κ3) is 5.95. The van der Waals surface area contributed by atoms with Crippen LogP contribution in [0.5, 0.6) is 5.75 Å². The number of rotatable bonds is 11. The SMILES string of the molecule is C=CN(/C=C\N)CCCOc1ccc(-c2cccc(S(=O)(=O)CC)c2)c2/c(=C/C(Cl)=C\N)c(=C)[nH]c12. The number of halogens is 1. The minimum absolute atomic E-state index is 0.0199. The number of nitrogens with zero attached hydrogens (tertiary/aromatic N) is 1. The van der Waals surface area contributed by atoms with Gasteiger partial charge in [-0.2, -0.15) is 0 Å². The van der Waals surface area contributed by atoms with E-state index in [4.69, 9.17) is 27.8 Å². The van der Waals surface area contributed by atoms with Crippen molar-refractivity contribution >= 4 is 45.0 Å². The second-order valence-electron chi connectivity index (χ2n) is 7.97. The van der Waals surface area contributed by atoms with E-state index in [9.17, 15) is 8.42 Å². The van der Waals surface area contributed by atoms with Gasteiger partial charge in [0, 0.05) is 41.1 Å². The highest BCUT2D eigenvalue weighted by Crippen LogP contribution is 2.32. The lowest BCUT2D eigenvalue weighted by atomic mass is 10.00. The Labute approximate surface area is 216 Å². The lowest BCUT2D eigenvalue weighted by Crippen LogP contribution is -2.21. The second-order valence-corrected chi connectivity index (χ2v) is 10.7. The Kier molecular flexibility index (Phi) is 8.90. The van der Waals surface area contributed by atoms with Crippen LogP contribution in [0.2, 0.25) is 0 Å². The fourth-order valence-electron chi connectivity index (χ4n) is 3.85. The van der Waals surface area contributed by atoms with Crippen LogP contribution < -0.4 is 26.8 Å². The van der Waals surface area contributed by atoms with Crippen molar-refractivity contribution in [1.82, 2.24) is 9.88 Å². The molecule has 0 bridgehead atoms. The van der Waals surface area contributed by atoms with Gasteiger partial charge in [-0.25, -0.2) is 8.42 Å². The first-order valence-electron chi connectivity index (χ1n) is 11.4. The van der Waals surface area contributed by atoms with Gasteiger partial charge in [0.25, 0.3) is 0 Å². The molecule has 5 N–H and O–H groups in total. The van der Waals surface area contributed by atoms with Gasteiger partial charge in [0.15, 0.2) is 9.84 Å². The molecule has 0 aliphatic rings. The number of aromatic amines is 1. The number of sulfone groups is 1. The molecule has 0 saturated carbocycles. The highest BCUT2D eigenvalue weighted by molar-refractivity contribution is 7.91. The Bertz CT molecular complexity index is 1520. The molecular formula is C27H31ClN4O3S. The summed E-state index contributed by atoms with van der Waals surface area (Å²) in [7, 11) is -3.37. The van der Waals surface area contributed by atoms with Crippen LogP contribution in [0.1, 0.15) is 13.3 Å². The predicted octanol–water partition coefficient (Wildman–Crippen LogP) is 3.50. The van der Waals surface area contributed by atoms with Gasteiger partial charge in [0.1, 0.15) is 5.75 Å². The average molecular weight is 527 g/mol. The number of fused-ring (bicyclic) bond motifs is 1. The first-order chi connectivity index (χ1) is 17.2. The standard InChI is InChI=1S/C27H31ClN4O3S/c1-4-32(14-12-29)13-7-15-35-25-11-10-23(20-8-6-9-22(16-20)36(33,34)5-2)26-24(17-21(28)18-30)19(3)31-27(25)26/h4,6,8-12,14,16-18,31H,1,3,5,7,13,15,29-30H2,2H3/b14-12-,21-18+,24-17+. The van der Waals surface area contributed by atoms with E-state index in [1.807, 2.05) is 23.1 Å². The van der Waals surface area contributed by atoms with Crippen molar-refractivity contribution in [3.05, 3.63) is 83.4 Å². The number of allylic oxidation sites excluding steroid dienone is 1. The molecule has 0 fully saturated rings. The number of benzene rings is 2. The fraction of sp³-hybridized carbons (Fsp3) is 0.185. The van der Waals surface area contributed by atoms with E-state index in [0.717, 1.165) is 33.7 Å². The Morgan fingerprint density at radius 3 is 2.69 bits per heavy atom. The molecule has 0 unspecified atom stereocenters. The topological polar surface area (TPSA) is 114 Å². The Morgan fingerprint density at radius 1 is 1.25 bits per heavy atom. The van der Waals surface area contributed by atoms with Crippen molar-refractivity contribution < 1.29 is 13.2 Å². The second kappa shape index (κ2) is 11.9. The first kappa shape index (κ1) is 27.0. The third-order valence-corrected chi connectivity index (χ3v) is 7.66. The van der Waals surface area contributed by atoms with Crippen LogP contribution in [0.3, 0.4) is 0 Å². The zero-order valence-corrected chi connectivity index (χ0v) is 21.8. The van der Waals surface area contributed by atoms with Gasteiger partial charge >= 0.3 is 0 Å². The monoisotopic (exact) mass is 526 g/mol. The predicted molar refractivity (Wildman–Crippen MR) is 149 cm³/mol. The number of hydrogen-bond acceptors (Lipinski definition) is 6. The van der Waals surface area contributed by atoms with Crippen molar-refractivity contribution in [1.29, 1.82) is 0 Å². The smallest absolute Gasteiger partial charge is 0.178 e. The third-order valence-electron chi connectivity index (χ3n) is 5.69. The van der Waals surface area contributed by atoms with Crippen LogP contribution >= 0.6 is 11.6 Å². The maximum absolute atomic E-state index is 12.5. The van der Waals surface area contributed by atoms with Crippen molar-refractivity contribution in [2.24, 2.45) is 11.5 Å². The summed E-state index contributed by atoms with van der Waals surface area (Å²) < 4.78 is 31.1. The summed E-state index contributed by atoms with van der Waals surface area (Å²) in [5.41, 5.74) is 13.4. The lowest BCUT2D eigenvalue weighted by Gasteiger charge is -2.15. The van der Waals surface area contributed by atoms with E-state index >= 15 is 0 Å². The van der Waals surface area contributed by atoms with Crippen LogP contribution in [0.4, 0.5) is 0 Å². The molecule has 190 valence electrons. The minimum Gasteiger partial charge on any atom is -0.491 e. The molecule has 1 heterocycles. The van der Waals surface area contributed by atoms with Crippen LogP contribution in [0.15, 0.2) is 77.7 Å². The molecule has 3 rings (SSSR count). The molecule has 2 aromatic carbocycles. The van der Waals surface area contributed by atoms with Crippen molar-refractivity contribution in [2.45, 2.75) is 18.2 Å². The highest BCUT2D eigenvalue weighted by Gasteiger charge is 2.16. The summed E-state index contributed by atoms with van der Waals surface area (Å²) in [6.07, 6.45) is 8.65. The van der Waals surface area contributed by atoms with Crippen LogP contribution in [0, 0.1) is 0 Å². The summed E-state index contributed by atoms with van der Waals surface area (Å²) in [4.78, 5) is 5.45. The highest BCUT2D eigenvalue weighted by atomic mass is 35.5. The van der Waals surface area contributed by atoms with E-state index in [1.54, 1.807) is 43.6 Å². The molecule has 0 aliphatic carbocycles. The molecule has 0 radical (unpaired) electrons. The van der Waals surface area contributed by atoms with Gasteiger partial charge in [-0.15, -0.1) is 0 Å². The molecule has 0 amide bonds. The van der Waals surface area contributed by atoms with E-state index in [2.05, 4.69) is 18.1 Å². The van der Waals surface area contributed by atoms with Gasteiger partial charge in [0.2, 0.25) is 0 Å². The molecule has 0 aliphatic heterocycles. The molecule has 7 nitrogen and oxygen atoms in total. The molecule has 0 spiro atoms. The van der Waals surface area contributed by atoms with Crippen molar-refractivity contribution in [2.75, 3.05) is 18.9 Å². The number of nitrogens with two attached hydrogens (primary N) is 2. The summed E-state index contributed by atoms with van der Waals surface area (Å²) in [6.45, 7) is 10.7. The van der Waals surface area contributed by atoms with E-state index in [1.165, 1.54) is 12.4 Å². The zero-order chi connectivity index (χ0) is 26.3. The minimum atomic E-state index is -3.37. The lowest BCUT2D eigenvalue weighted by molar-refractivity contribution is 0.297. The van der Waals surface area contributed by atoms with Gasteiger partial charge < -0.3 is 26.1 Å². The van der Waals surface area contributed by atoms with Crippen molar-refractivity contribution in [3.63, 3.8) is 0 Å². The molecule has 0 atom stereocenters. The Morgan fingerprint density at radius 2 is 2.03 bits per heavy atom. The normalized spacial score (nSPS) is 12.9. The van der Waals surface area contributed by atoms with Crippen LogP contribution in [-0.4, -0.2) is 37.2 Å². The first-order valence-corrected chi connectivity index (χ1v) is 13.4. The maximum Gasteiger partial charge on any atom is 0.178 e. The summed E-state index contributed by atoms with van der Waals surface area (Å²) in [5, 5.41) is 2.53. The number of aromatic nitrogens is 1. The molecular weight excluding hydrogens is 496 g/mol.